The number of anilines is 1. The Balaban J connectivity index is 1.52. The molecule has 0 bridgehead atoms. The lowest BCUT2D eigenvalue weighted by molar-refractivity contribution is 0.0971. The third-order valence-corrected chi connectivity index (χ3v) is 6.89. The van der Waals surface area contributed by atoms with Gasteiger partial charge in [0.1, 0.15) is 5.69 Å². The molecule has 0 radical (unpaired) electrons. The molecule has 2 aromatic carbocycles. The van der Waals surface area contributed by atoms with Crippen LogP contribution in [0, 0.1) is 0 Å². The number of hydrogen-bond acceptors (Lipinski definition) is 5. The molecule has 1 aromatic heterocycles. The maximum atomic E-state index is 13.7. The van der Waals surface area contributed by atoms with Gasteiger partial charge in [-0.2, -0.15) is 5.10 Å². The summed E-state index contributed by atoms with van der Waals surface area (Å²) in [4.78, 5) is 41.4. The van der Waals surface area contributed by atoms with Gasteiger partial charge in [0.15, 0.2) is 5.69 Å². The van der Waals surface area contributed by atoms with Gasteiger partial charge in [0.05, 0.1) is 5.69 Å². The molecule has 0 spiro atoms. The number of primary amides is 2. The van der Waals surface area contributed by atoms with Crippen molar-refractivity contribution in [1.82, 2.24) is 14.7 Å². The molecular formula is C26H28N6O3. The summed E-state index contributed by atoms with van der Waals surface area (Å²) in [7, 11) is 4.17. The largest absolute Gasteiger partial charge is 0.366 e. The number of rotatable bonds is 7. The lowest BCUT2D eigenvalue weighted by Crippen LogP contribution is -2.39. The molecule has 35 heavy (non-hydrogen) atoms. The van der Waals surface area contributed by atoms with E-state index in [0.717, 1.165) is 25.1 Å². The Bertz CT molecular complexity index is 1340. The van der Waals surface area contributed by atoms with Gasteiger partial charge < -0.3 is 21.3 Å². The predicted molar refractivity (Wildman–Crippen MR) is 132 cm³/mol. The molecule has 0 unspecified atom stereocenters. The minimum absolute atomic E-state index is 0.0622. The zero-order valence-electron chi connectivity index (χ0n) is 19.8. The Morgan fingerprint density at radius 3 is 2.34 bits per heavy atom. The second kappa shape index (κ2) is 8.35. The molecular weight excluding hydrogens is 444 g/mol. The van der Waals surface area contributed by atoms with Crippen molar-refractivity contribution in [2.75, 3.05) is 32.1 Å². The van der Waals surface area contributed by atoms with Gasteiger partial charge in [-0.3, -0.25) is 14.4 Å². The van der Waals surface area contributed by atoms with Crippen molar-refractivity contribution in [3.05, 3.63) is 76.6 Å². The number of carbonyl (C=O) groups is 3. The van der Waals surface area contributed by atoms with Gasteiger partial charge in [-0.1, -0.05) is 18.2 Å². The smallest absolute Gasteiger partial charge is 0.277 e. The molecule has 1 saturated carbocycles. The number of likely N-dealkylation sites (N-methyl/N-ethyl adjacent to an activating group) is 1. The second-order valence-corrected chi connectivity index (χ2v) is 9.64. The summed E-state index contributed by atoms with van der Waals surface area (Å²) in [6, 6.07) is 14.7. The lowest BCUT2D eigenvalue weighted by Gasteiger charge is -2.28. The Morgan fingerprint density at radius 1 is 1.03 bits per heavy atom. The standard InChI is InChI=1S/C26H28N6O3/c1-30(2)15-26(11-12-26)17-6-8-18(9-7-17)31-13-10-20-21(24(28)34)29-32(22(20)25(31)35)19-5-3-4-16(14-19)23(27)33/h3-9,14H,10-13,15H2,1-2H3,(H2,27,33)(H2,28,34). The van der Waals surface area contributed by atoms with Crippen molar-refractivity contribution in [1.29, 1.82) is 0 Å². The maximum Gasteiger partial charge on any atom is 0.277 e. The van der Waals surface area contributed by atoms with Crippen molar-refractivity contribution in [3.8, 4) is 5.69 Å². The van der Waals surface area contributed by atoms with Crippen LogP contribution >= 0.6 is 0 Å². The second-order valence-electron chi connectivity index (χ2n) is 9.64. The van der Waals surface area contributed by atoms with Crippen LogP contribution in [0.15, 0.2) is 48.5 Å². The zero-order chi connectivity index (χ0) is 24.9. The average molecular weight is 473 g/mol. The Hall–Kier alpha value is -3.98. The van der Waals surface area contributed by atoms with E-state index < -0.39 is 11.8 Å². The van der Waals surface area contributed by atoms with E-state index in [9.17, 15) is 14.4 Å². The van der Waals surface area contributed by atoms with Gasteiger partial charge in [-0.15, -0.1) is 0 Å². The molecule has 0 saturated heterocycles. The molecule has 5 rings (SSSR count). The first-order valence-electron chi connectivity index (χ1n) is 11.6. The van der Waals surface area contributed by atoms with E-state index in [1.165, 1.54) is 10.2 Å². The van der Waals surface area contributed by atoms with Crippen LogP contribution in [0.2, 0.25) is 0 Å². The van der Waals surface area contributed by atoms with Crippen LogP contribution in [-0.2, 0) is 11.8 Å². The fourth-order valence-corrected chi connectivity index (χ4v) is 5.07. The molecule has 1 fully saturated rings. The molecule has 9 heteroatoms. The fourth-order valence-electron chi connectivity index (χ4n) is 5.07. The topological polar surface area (TPSA) is 128 Å². The zero-order valence-corrected chi connectivity index (χ0v) is 19.8. The summed E-state index contributed by atoms with van der Waals surface area (Å²) in [5, 5.41) is 4.36. The number of nitrogens with zero attached hydrogens (tertiary/aromatic N) is 4. The van der Waals surface area contributed by atoms with Crippen molar-refractivity contribution in [2.24, 2.45) is 11.5 Å². The van der Waals surface area contributed by atoms with Gasteiger partial charge in [-0.25, -0.2) is 4.68 Å². The van der Waals surface area contributed by atoms with Crippen molar-refractivity contribution in [3.63, 3.8) is 0 Å². The summed E-state index contributed by atoms with van der Waals surface area (Å²) < 4.78 is 1.39. The van der Waals surface area contributed by atoms with Gasteiger partial charge >= 0.3 is 0 Å². The summed E-state index contributed by atoms with van der Waals surface area (Å²) in [6.07, 6.45) is 2.76. The van der Waals surface area contributed by atoms with E-state index in [1.54, 1.807) is 29.2 Å². The van der Waals surface area contributed by atoms with E-state index in [1.807, 2.05) is 12.1 Å². The highest BCUT2D eigenvalue weighted by Gasteiger charge is 2.44. The van der Waals surface area contributed by atoms with Gasteiger partial charge in [0.2, 0.25) is 5.91 Å². The number of carbonyl (C=O) groups excluding carboxylic acids is 3. The Morgan fingerprint density at radius 2 is 1.74 bits per heavy atom. The van der Waals surface area contributed by atoms with Crippen LogP contribution in [0.1, 0.15) is 55.3 Å². The number of benzene rings is 2. The maximum absolute atomic E-state index is 13.7. The normalized spacial score (nSPS) is 16.3. The first-order valence-corrected chi connectivity index (χ1v) is 11.6. The number of amides is 3. The monoisotopic (exact) mass is 472 g/mol. The highest BCUT2D eigenvalue weighted by Crippen LogP contribution is 2.48. The molecule has 1 aliphatic heterocycles. The van der Waals surface area contributed by atoms with E-state index in [2.05, 4.69) is 36.2 Å². The summed E-state index contributed by atoms with van der Waals surface area (Å²) in [5.74, 6) is -1.58. The fraction of sp³-hybridized carbons (Fsp3) is 0.308. The lowest BCUT2D eigenvalue weighted by atomic mass is 9.95. The quantitative estimate of drug-likeness (QED) is 0.543. The van der Waals surface area contributed by atoms with Crippen LogP contribution in [-0.4, -0.2) is 59.6 Å². The summed E-state index contributed by atoms with van der Waals surface area (Å²) in [6.45, 7) is 1.40. The minimum Gasteiger partial charge on any atom is -0.366 e. The first kappa shape index (κ1) is 22.8. The van der Waals surface area contributed by atoms with Gasteiger partial charge in [0.25, 0.3) is 11.8 Å². The number of aromatic nitrogens is 2. The highest BCUT2D eigenvalue weighted by atomic mass is 16.2. The molecule has 2 heterocycles. The highest BCUT2D eigenvalue weighted by molar-refractivity contribution is 6.09. The third kappa shape index (κ3) is 3.97. The van der Waals surface area contributed by atoms with E-state index >= 15 is 0 Å². The van der Waals surface area contributed by atoms with E-state index in [0.29, 0.717) is 24.2 Å². The van der Waals surface area contributed by atoms with Gasteiger partial charge in [0, 0.05) is 35.3 Å². The SMILES string of the molecule is CN(C)CC1(c2ccc(N3CCc4c(C(N)=O)nn(-c5cccc(C(N)=O)c5)c4C3=O)cc2)CC1. The van der Waals surface area contributed by atoms with Crippen molar-refractivity contribution >= 4 is 23.4 Å². The molecule has 9 nitrogen and oxygen atoms in total. The van der Waals surface area contributed by atoms with Gasteiger partial charge in [-0.05, 0) is 69.3 Å². The van der Waals surface area contributed by atoms with Crippen molar-refractivity contribution < 1.29 is 14.4 Å². The van der Waals surface area contributed by atoms with E-state index in [4.69, 9.17) is 11.5 Å². The number of nitrogens with two attached hydrogens (primary N) is 2. The van der Waals surface area contributed by atoms with Crippen LogP contribution in [0.4, 0.5) is 5.69 Å². The molecule has 1 aliphatic carbocycles. The summed E-state index contributed by atoms with van der Waals surface area (Å²) >= 11 is 0. The molecule has 3 aromatic rings. The van der Waals surface area contributed by atoms with Crippen LogP contribution in [0.3, 0.4) is 0 Å². The molecule has 180 valence electrons. The average Bonchev–Trinajstić information content (AvgIpc) is 3.48. The Kier molecular flexibility index (Phi) is 5.44. The molecule has 2 aliphatic rings. The number of fused-ring (bicyclic) bond motifs is 1. The molecule has 0 atom stereocenters. The van der Waals surface area contributed by atoms with Crippen LogP contribution in [0.25, 0.3) is 5.69 Å². The van der Waals surface area contributed by atoms with Crippen molar-refractivity contribution in [2.45, 2.75) is 24.7 Å². The van der Waals surface area contributed by atoms with Crippen LogP contribution < -0.4 is 16.4 Å². The van der Waals surface area contributed by atoms with E-state index in [-0.39, 0.29) is 28.3 Å². The minimum atomic E-state index is -0.702. The Labute approximate surface area is 203 Å². The predicted octanol–water partition coefficient (Wildman–Crippen LogP) is 1.87. The first-order chi connectivity index (χ1) is 16.7. The summed E-state index contributed by atoms with van der Waals surface area (Å²) in [5.41, 5.74) is 14.8. The third-order valence-electron chi connectivity index (χ3n) is 6.89. The number of hydrogen-bond donors (Lipinski definition) is 2. The van der Waals surface area contributed by atoms with Crippen LogP contribution in [0.5, 0.6) is 0 Å². The molecule has 4 N–H and O–H groups in total. The molecule has 3 amide bonds.